The molecule has 2 atom stereocenters. The Morgan fingerprint density at radius 2 is 1.80 bits per heavy atom. The predicted octanol–water partition coefficient (Wildman–Crippen LogP) is 2.13. The zero-order chi connectivity index (χ0) is 25.9. The highest BCUT2D eigenvalue weighted by Crippen LogP contribution is 2.24. The molecule has 0 aromatic heterocycles. The first-order valence-electron chi connectivity index (χ1n) is 11.5. The molecule has 1 aliphatic heterocycles. The van der Waals surface area contributed by atoms with E-state index in [1.165, 1.54) is 24.0 Å². The molecule has 1 fully saturated rings. The average Bonchev–Trinajstić information content (AvgIpc) is 3.14. The average molecular weight is 523 g/mol. The lowest BCUT2D eigenvalue weighted by atomic mass is 10.1. The molecular weight excluding hydrogens is 492 g/mol. The molecule has 2 N–H and O–H groups in total. The lowest BCUT2D eigenvalue weighted by Crippen LogP contribution is -2.53. The maximum Gasteiger partial charge on any atom is 0.245 e. The molecule has 1 saturated heterocycles. The second kappa shape index (κ2) is 10.9. The number of nitrogens with zero attached hydrogens (tertiary/aromatic N) is 2. The Bertz CT molecular complexity index is 1230. The van der Waals surface area contributed by atoms with Gasteiger partial charge in [-0.25, -0.2) is 8.42 Å². The molecule has 0 aliphatic carbocycles. The molecule has 3 rings (SSSR count). The van der Waals surface area contributed by atoms with Gasteiger partial charge in [0.25, 0.3) is 0 Å². The van der Waals surface area contributed by atoms with Crippen molar-refractivity contribution >= 4 is 50.1 Å². The standard InChI is InChI=1S/C24H31ClN4O5S/c1-15(2)28(12-10-26-17(4)30)23(31)16(3)29-11-9-22(24(29)32)27-35(33,34)21-8-6-18-13-20(25)7-5-19(18)14-21/h5-8,13-16,22,27H,9-12H2,1-4H3,(H,26,30)/t16-,22-/m0/s1. The fourth-order valence-electron chi connectivity index (χ4n) is 4.16. The quantitative estimate of drug-likeness (QED) is 0.523. The fraction of sp³-hybridized carbons (Fsp3) is 0.458. The van der Waals surface area contributed by atoms with E-state index in [0.29, 0.717) is 23.5 Å². The van der Waals surface area contributed by atoms with Crippen LogP contribution in [0, 0.1) is 0 Å². The van der Waals surface area contributed by atoms with E-state index in [4.69, 9.17) is 11.6 Å². The van der Waals surface area contributed by atoms with Gasteiger partial charge in [0.2, 0.25) is 27.7 Å². The number of hydrogen-bond donors (Lipinski definition) is 2. The summed E-state index contributed by atoms with van der Waals surface area (Å²) in [5.74, 6) is -0.878. The number of likely N-dealkylation sites (tertiary alicyclic amines) is 1. The van der Waals surface area contributed by atoms with Gasteiger partial charge in [-0.3, -0.25) is 14.4 Å². The van der Waals surface area contributed by atoms with Crippen molar-refractivity contribution in [3.8, 4) is 0 Å². The van der Waals surface area contributed by atoms with Crippen molar-refractivity contribution < 1.29 is 22.8 Å². The first-order valence-corrected chi connectivity index (χ1v) is 13.3. The highest BCUT2D eigenvalue weighted by Gasteiger charge is 2.40. The molecule has 1 heterocycles. The summed E-state index contributed by atoms with van der Waals surface area (Å²) >= 11 is 6.00. The van der Waals surface area contributed by atoms with Gasteiger partial charge in [-0.1, -0.05) is 23.7 Å². The third kappa shape index (κ3) is 6.31. The lowest BCUT2D eigenvalue weighted by molar-refractivity contribution is -0.144. The van der Waals surface area contributed by atoms with Gasteiger partial charge in [0.1, 0.15) is 12.1 Å². The summed E-state index contributed by atoms with van der Waals surface area (Å²) in [7, 11) is -3.96. The highest BCUT2D eigenvalue weighted by molar-refractivity contribution is 7.89. The number of sulfonamides is 1. The minimum atomic E-state index is -3.96. The Morgan fingerprint density at radius 1 is 1.14 bits per heavy atom. The molecule has 0 bridgehead atoms. The summed E-state index contributed by atoms with van der Waals surface area (Å²) in [6.07, 6.45) is 0.256. The summed E-state index contributed by atoms with van der Waals surface area (Å²) in [6.45, 7) is 7.64. The molecule has 0 radical (unpaired) electrons. The van der Waals surface area contributed by atoms with E-state index in [1.54, 1.807) is 36.1 Å². The molecule has 0 saturated carbocycles. The number of amides is 3. The molecule has 0 spiro atoms. The van der Waals surface area contributed by atoms with E-state index in [1.807, 2.05) is 13.8 Å². The Morgan fingerprint density at radius 3 is 2.46 bits per heavy atom. The monoisotopic (exact) mass is 522 g/mol. The van der Waals surface area contributed by atoms with E-state index < -0.39 is 28.0 Å². The summed E-state index contributed by atoms with van der Waals surface area (Å²) in [6, 6.07) is 7.99. The normalized spacial score (nSPS) is 17.1. The second-order valence-corrected chi connectivity index (χ2v) is 11.1. The second-order valence-electron chi connectivity index (χ2n) is 8.93. The first kappa shape index (κ1) is 26.9. The highest BCUT2D eigenvalue weighted by atomic mass is 35.5. The Kier molecular flexibility index (Phi) is 8.40. The zero-order valence-electron chi connectivity index (χ0n) is 20.2. The molecule has 190 valence electrons. The molecule has 3 amide bonds. The SMILES string of the molecule is CC(=O)NCCN(C(=O)[C@H](C)N1CC[C@H](NS(=O)(=O)c2ccc3cc(Cl)ccc3c2)C1=O)C(C)C. The van der Waals surface area contributed by atoms with Crippen LogP contribution in [0.2, 0.25) is 5.02 Å². The van der Waals surface area contributed by atoms with Crippen LogP contribution in [-0.2, 0) is 24.4 Å². The van der Waals surface area contributed by atoms with E-state index in [-0.39, 0.29) is 35.7 Å². The van der Waals surface area contributed by atoms with Gasteiger partial charge in [0, 0.05) is 37.6 Å². The van der Waals surface area contributed by atoms with Gasteiger partial charge in [-0.2, -0.15) is 4.72 Å². The number of rotatable bonds is 9. The van der Waals surface area contributed by atoms with E-state index in [9.17, 15) is 22.8 Å². The van der Waals surface area contributed by atoms with Crippen LogP contribution in [-0.4, -0.2) is 73.7 Å². The van der Waals surface area contributed by atoms with Crippen molar-refractivity contribution in [2.24, 2.45) is 0 Å². The largest absolute Gasteiger partial charge is 0.355 e. The Balaban J connectivity index is 1.69. The first-order chi connectivity index (χ1) is 16.4. The van der Waals surface area contributed by atoms with E-state index >= 15 is 0 Å². The topological polar surface area (TPSA) is 116 Å². The molecule has 35 heavy (non-hydrogen) atoms. The summed E-state index contributed by atoms with van der Waals surface area (Å²) in [5, 5.41) is 4.74. The van der Waals surface area contributed by atoms with Crippen molar-refractivity contribution in [3.63, 3.8) is 0 Å². The van der Waals surface area contributed by atoms with Crippen LogP contribution in [0.5, 0.6) is 0 Å². The number of nitrogens with one attached hydrogen (secondary N) is 2. The van der Waals surface area contributed by atoms with Crippen LogP contribution in [0.1, 0.15) is 34.1 Å². The number of carbonyl (C=O) groups is 3. The molecular formula is C24H31ClN4O5S. The van der Waals surface area contributed by atoms with Crippen molar-refractivity contribution in [1.82, 2.24) is 19.8 Å². The molecule has 0 unspecified atom stereocenters. The Hall–Kier alpha value is -2.69. The van der Waals surface area contributed by atoms with Crippen molar-refractivity contribution in [3.05, 3.63) is 41.4 Å². The molecule has 9 nitrogen and oxygen atoms in total. The van der Waals surface area contributed by atoms with Crippen molar-refractivity contribution in [2.45, 2.75) is 57.1 Å². The number of hydrogen-bond acceptors (Lipinski definition) is 5. The number of fused-ring (bicyclic) bond motifs is 1. The van der Waals surface area contributed by atoms with Gasteiger partial charge in [-0.15, -0.1) is 0 Å². The Labute approximate surface area is 210 Å². The van der Waals surface area contributed by atoms with E-state index in [0.717, 1.165) is 5.39 Å². The third-order valence-corrected chi connectivity index (χ3v) is 7.78. The van der Waals surface area contributed by atoms with Crippen LogP contribution < -0.4 is 10.0 Å². The zero-order valence-corrected chi connectivity index (χ0v) is 21.8. The van der Waals surface area contributed by atoms with Gasteiger partial charge < -0.3 is 15.1 Å². The minimum absolute atomic E-state index is 0.0478. The summed E-state index contributed by atoms with van der Waals surface area (Å²) in [4.78, 5) is 40.4. The smallest absolute Gasteiger partial charge is 0.245 e. The van der Waals surface area contributed by atoms with Crippen molar-refractivity contribution in [1.29, 1.82) is 0 Å². The van der Waals surface area contributed by atoms with Gasteiger partial charge in [0.15, 0.2) is 0 Å². The van der Waals surface area contributed by atoms with Crippen LogP contribution in [0.25, 0.3) is 10.8 Å². The summed E-state index contributed by atoms with van der Waals surface area (Å²) < 4.78 is 28.5. The minimum Gasteiger partial charge on any atom is -0.355 e. The molecule has 2 aromatic rings. The molecule has 11 heteroatoms. The number of benzene rings is 2. The summed E-state index contributed by atoms with van der Waals surface area (Å²) in [5.41, 5.74) is 0. The van der Waals surface area contributed by atoms with Crippen LogP contribution in [0.4, 0.5) is 0 Å². The maximum atomic E-state index is 13.1. The lowest BCUT2D eigenvalue weighted by Gasteiger charge is -2.33. The molecule has 2 aromatic carbocycles. The maximum absolute atomic E-state index is 13.1. The van der Waals surface area contributed by atoms with Crippen molar-refractivity contribution in [2.75, 3.05) is 19.6 Å². The third-order valence-electron chi connectivity index (χ3n) is 6.08. The fourth-order valence-corrected chi connectivity index (χ4v) is 5.60. The number of halogens is 1. The van der Waals surface area contributed by atoms with Crippen LogP contribution in [0.15, 0.2) is 41.3 Å². The van der Waals surface area contributed by atoms with Crippen LogP contribution in [0.3, 0.4) is 0 Å². The van der Waals surface area contributed by atoms with Gasteiger partial charge in [0.05, 0.1) is 4.90 Å². The number of carbonyl (C=O) groups excluding carboxylic acids is 3. The molecule has 1 aliphatic rings. The van der Waals surface area contributed by atoms with Crippen LogP contribution >= 0.6 is 11.6 Å². The van der Waals surface area contributed by atoms with Gasteiger partial charge >= 0.3 is 0 Å². The predicted molar refractivity (Wildman–Crippen MR) is 134 cm³/mol. The van der Waals surface area contributed by atoms with Gasteiger partial charge in [-0.05, 0) is 62.2 Å². The van der Waals surface area contributed by atoms with E-state index in [2.05, 4.69) is 10.0 Å².